The Labute approximate surface area is 199 Å². The van der Waals surface area contributed by atoms with Crippen molar-refractivity contribution < 1.29 is 14.6 Å². The Morgan fingerprint density at radius 1 is 1.24 bits per heavy atom. The minimum atomic E-state index is -0.760. The number of nitrogens with zero attached hydrogens (tertiary/aromatic N) is 2. The molecule has 1 amide bonds. The Morgan fingerprint density at radius 2 is 1.97 bits per heavy atom. The summed E-state index contributed by atoms with van der Waals surface area (Å²) in [5, 5.41) is 14.1. The fraction of sp³-hybridized carbons (Fsp3) is 0.208. The predicted molar refractivity (Wildman–Crippen MR) is 129 cm³/mol. The number of pyridine rings is 2. The predicted octanol–water partition coefficient (Wildman–Crippen LogP) is 3.83. The zero-order valence-corrected chi connectivity index (χ0v) is 19.4. The number of benzene rings is 1. The maximum absolute atomic E-state index is 13.0. The van der Waals surface area contributed by atoms with Crippen LogP contribution in [0.5, 0.6) is 0 Å². The summed E-state index contributed by atoms with van der Waals surface area (Å²) < 4.78 is 7.43. The molecule has 0 bridgehead atoms. The number of rotatable bonds is 8. The number of amides is 1. The van der Waals surface area contributed by atoms with E-state index in [1.165, 1.54) is 11.3 Å². The Bertz CT molecular complexity index is 1320. The van der Waals surface area contributed by atoms with Gasteiger partial charge in [-0.15, -0.1) is 11.3 Å². The molecule has 9 heteroatoms. The molecule has 4 rings (SSSR count). The van der Waals surface area contributed by atoms with E-state index in [0.29, 0.717) is 17.0 Å². The summed E-state index contributed by atoms with van der Waals surface area (Å²) in [6, 6.07) is 12.4. The van der Waals surface area contributed by atoms with Crippen LogP contribution in [0.3, 0.4) is 0 Å². The lowest BCUT2D eigenvalue weighted by molar-refractivity contribution is 0.0287. The number of ether oxygens (including phenoxy) is 1. The summed E-state index contributed by atoms with van der Waals surface area (Å²) in [7, 11) is 1.80. The minimum Gasteiger partial charge on any atom is -0.386 e. The lowest BCUT2D eigenvalue weighted by Gasteiger charge is -2.10. The minimum absolute atomic E-state index is 0.0809. The van der Waals surface area contributed by atoms with Gasteiger partial charge in [0.2, 0.25) is 5.43 Å². The molecule has 0 spiro atoms. The van der Waals surface area contributed by atoms with Crippen molar-refractivity contribution in [2.24, 2.45) is 7.05 Å². The SMILES string of the molecule is Cn1cc(C(=O)NCc2ccc(Cl)cc2)c(=O)c2cc(COC[C@H](O)c3ccncc3)sc21. The number of aromatic nitrogens is 2. The Balaban J connectivity index is 1.44. The number of carbonyl (C=O) groups excluding carboxylic acids is 1. The lowest BCUT2D eigenvalue weighted by atomic mass is 10.1. The number of hydrogen-bond donors (Lipinski definition) is 2. The maximum atomic E-state index is 13.0. The molecule has 1 aromatic carbocycles. The molecule has 33 heavy (non-hydrogen) atoms. The van der Waals surface area contributed by atoms with Crippen LogP contribution in [0.2, 0.25) is 5.02 Å². The molecule has 170 valence electrons. The van der Waals surface area contributed by atoms with E-state index in [0.717, 1.165) is 20.8 Å². The smallest absolute Gasteiger partial charge is 0.257 e. The largest absolute Gasteiger partial charge is 0.386 e. The van der Waals surface area contributed by atoms with Gasteiger partial charge in [-0.2, -0.15) is 0 Å². The van der Waals surface area contributed by atoms with Crippen molar-refractivity contribution in [3.63, 3.8) is 0 Å². The van der Waals surface area contributed by atoms with Crippen LogP contribution in [-0.2, 0) is 24.9 Å². The van der Waals surface area contributed by atoms with Crippen molar-refractivity contribution in [2.45, 2.75) is 19.3 Å². The first kappa shape index (κ1) is 23.1. The number of halogens is 1. The number of nitrogens with one attached hydrogen (secondary N) is 1. The fourth-order valence-electron chi connectivity index (χ4n) is 3.38. The van der Waals surface area contributed by atoms with Crippen LogP contribution in [0, 0.1) is 0 Å². The molecule has 0 aliphatic heterocycles. The highest BCUT2D eigenvalue weighted by molar-refractivity contribution is 7.18. The van der Waals surface area contributed by atoms with Gasteiger partial charge in [0.1, 0.15) is 16.5 Å². The summed E-state index contributed by atoms with van der Waals surface area (Å²) in [6.07, 6.45) is 4.02. The first-order valence-electron chi connectivity index (χ1n) is 10.2. The van der Waals surface area contributed by atoms with Crippen molar-refractivity contribution in [1.82, 2.24) is 14.9 Å². The molecule has 3 aromatic heterocycles. The zero-order valence-electron chi connectivity index (χ0n) is 17.8. The van der Waals surface area contributed by atoms with Crippen LogP contribution in [-0.4, -0.2) is 27.2 Å². The van der Waals surface area contributed by atoms with Crippen molar-refractivity contribution in [3.05, 3.63) is 97.9 Å². The number of hydrogen-bond acceptors (Lipinski definition) is 6. The summed E-state index contributed by atoms with van der Waals surface area (Å²) in [6.45, 7) is 0.658. The lowest BCUT2D eigenvalue weighted by Crippen LogP contribution is -2.29. The number of aryl methyl sites for hydroxylation is 1. The van der Waals surface area contributed by atoms with Crippen molar-refractivity contribution in [1.29, 1.82) is 0 Å². The van der Waals surface area contributed by atoms with Crippen LogP contribution in [0.1, 0.15) is 32.5 Å². The van der Waals surface area contributed by atoms with Crippen molar-refractivity contribution >= 4 is 39.1 Å². The molecular weight excluding hydrogens is 462 g/mol. The third-order valence-electron chi connectivity index (χ3n) is 5.12. The number of aliphatic hydroxyl groups excluding tert-OH is 1. The van der Waals surface area contributed by atoms with Gasteiger partial charge < -0.3 is 19.7 Å². The van der Waals surface area contributed by atoms with Gasteiger partial charge in [-0.25, -0.2) is 0 Å². The molecule has 1 atom stereocenters. The van der Waals surface area contributed by atoms with Gasteiger partial charge in [-0.05, 0) is 41.5 Å². The zero-order chi connectivity index (χ0) is 23.4. The van der Waals surface area contributed by atoms with E-state index in [-0.39, 0.29) is 24.2 Å². The topological polar surface area (TPSA) is 93.5 Å². The van der Waals surface area contributed by atoms with Crippen molar-refractivity contribution in [2.75, 3.05) is 6.61 Å². The average Bonchev–Trinajstić information content (AvgIpc) is 3.26. The van der Waals surface area contributed by atoms with Crippen LogP contribution < -0.4 is 10.7 Å². The van der Waals surface area contributed by atoms with E-state index < -0.39 is 12.0 Å². The second kappa shape index (κ2) is 10.3. The van der Waals surface area contributed by atoms with E-state index >= 15 is 0 Å². The van der Waals surface area contributed by atoms with Gasteiger partial charge in [0.05, 0.1) is 18.6 Å². The summed E-state index contributed by atoms with van der Waals surface area (Å²) in [4.78, 5) is 31.2. The highest BCUT2D eigenvalue weighted by Crippen LogP contribution is 2.24. The molecular formula is C24H22ClN3O4S. The van der Waals surface area contributed by atoms with E-state index in [4.69, 9.17) is 16.3 Å². The van der Waals surface area contributed by atoms with Gasteiger partial charge in [0.25, 0.3) is 5.91 Å². The molecule has 2 N–H and O–H groups in total. The normalized spacial score (nSPS) is 12.1. The van der Waals surface area contributed by atoms with E-state index in [2.05, 4.69) is 10.3 Å². The highest BCUT2D eigenvalue weighted by atomic mass is 35.5. The Morgan fingerprint density at radius 3 is 2.70 bits per heavy atom. The van der Waals surface area contributed by atoms with E-state index in [9.17, 15) is 14.7 Å². The summed E-state index contributed by atoms with van der Waals surface area (Å²) >= 11 is 7.31. The number of carbonyl (C=O) groups is 1. The molecule has 0 saturated carbocycles. The second-order valence-corrected chi connectivity index (χ2v) is 9.09. The maximum Gasteiger partial charge on any atom is 0.257 e. The molecule has 0 radical (unpaired) electrons. The molecule has 0 fully saturated rings. The molecule has 3 heterocycles. The molecule has 0 aliphatic rings. The summed E-state index contributed by atoms with van der Waals surface area (Å²) in [5.41, 5.74) is 1.37. The van der Waals surface area contributed by atoms with Gasteiger partial charge in [-0.1, -0.05) is 23.7 Å². The standard InChI is InChI=1S/C24H22ClN3O4S/c1-28-12-20(23(31)27-11-15-2-4-17(25)5-3-15)22(30)19-10-18(33-24(19)28)13-32-14-21(29)16-6-8-26-9-7-16/h2-10,12,21,29H,11,13-14H2,1H3,(H,27,31)/t21-/m0/s1. The highest BCUT2D eigenvalue weighted by Gasteiger charge is 2.17. The average molecular weight is 484 g/mol. The van der Waals surface area contributed by atoms with Crippen LogP contribution in [0.4, 0.5) is 0 Å². The van der Waals surface area contributed by atoms with E-state index in [1.54, 1.807) is 60.5 Å². The molecule has 7 nitrogen and oxygen atoms in total. The summed E-state index contributed by atoms with van der Waals surface area (Å²) in [5.74, 6) is -0.433. The van der Waals surface area contributed by atoms with Crippen molar-refractivity contribution in [3.8, 4) is 0 Å². The third kappa shape index (κ3) is 5.48. The molecule has 4 aromatic rings. The quantitative estimate of drug-likeness (QED) is 0.397. The van der Waals surface area contributed by atoms with Crippen LogP contribution >= 0.6 is 22.9 Å². The number of thiophene rings is 1. The van der Waals surface area contributed by atoms with Gasteiger partial charge in [0.15, 0.2) is 0 Å². The number of aliphatic hydroxyl groups is 1. The Kier molecular flexibility index (Phi) is 7.20. The van der Waals surface area contributed by atoms with Crippen LogP contribution in [0.15, 0.2) is 65.8 Å². The van der Waals surface area contributed by atoms with Gasteiger partial charge in [0, 0.05) is 42.1 Å². The molecule has 0 saturated heterocycles. The fourth-order valence-corrected chi connectivity index (χ4v) is 4.53. The monoisotopic (exact) mass is 483 g/mol. The van der Waals surface area contributed by atoms with Gasteiger partial charge >= 0.3 is 0 Å². The first-order valence-corrected chi connectivity index (χ1v) is 11.4. The first-order chi connectivity index (χ1) is 15.9. The Hall–Kier alpha value is -3.04. The molecule has 0 aliphatic carbocycles. The second-order valence-electron chi connectivity index (χ2n) is 7.53. The molecule has 0 unspecified atom stereocenters. The van der Waals surface area contributed by atoms with Crippen LogP contribution in [0.25, 0.3) is 10.2 Å². The third-order valence-corrected chi connectivity index (χ3v) is 6.57. The van der Waals surface area contributed by atoms with E-state index in [1.807, 2.05) is 12.1 Å². The number of fused-ring (bicyclic) bond motifs is 1. The van der Waals surface area contributed by atoms with Gasteiger partial charge in [-0.3, -0.25) is 14.6 Å².